The first-order chi connectivity index (χ1) is 27.1. The van der Waals surface area contributed by atoms with Crippen LogP contribution in [0.2, 0.25) is 0 Å². The summed E-state index contributed by atoms with van der Waals surface area (Å²) in [5, 5.41) is 8.87. The van der Waals surface area contributed by atoms with Gasteiger partial charge in [0.15, 0.2) is 6.10 Å². The molecule has 0 bridgehead atoms. The summed E-state index contributed by atoms with van der Waals surface area (Å²) in [5.41, 5.74) is 5.32. The van der Waals surface area contributed by atoms with Gasteiger partial charge >= 0.3 is 25.7 Å². The Labute approximate surface area is 337 Å². The number of aliphatic carboxylic acids is 1. The molecule has 11 nitrogen and oxygen atoms in total. The van der Waals surface area contributed by atoms with Gasteiger partial charge < -0.3 is 25.2 Å². The van der Waals surface area contributed by atoms with Crippen molar-refractivity contribution in [1.29, 1.82) is 0 Å². The SMILES string of the molecule is CC/C=C/C/C=C/C/C=C/C/C=C/C/C=C/C/C=C/CCC(=O)O[C@@H](COC(=O)CCCCCCC/C=C/CCCCCC)COP(=O)(O)OC[C@H](N)C(=O)O. The molecule has 0 radical (unpaired) electrons. The van der Waals surface area contributed by atoms with E-state index in [2.05, 4.69) is 85.2 Å². The van der Waals surface area contributed by atoms with E-state index in [0.29, 0.717) is 19.3 Å². The first-order valence-electron chi connectivity index (χ1n) is 20.6. The molecule has 0 amide bonds. The van der Waals surface area contributed by atoms with Crippen molar-refractivity contribution >= 4 is 25.7 Å². The largest absolute Gasteiger partial charge is 0.480 e. The first-order valence-corrected chi connectivity index (χ1v) is 22.1. The van der Waals surface area contributed by atoms with Gasteiger partial charge in [0.2, 0.25) is 0 Å². The summed E-state index contributed by atoms with van der Waals surface area (Å²) < 4.78 is 32.5. The molecule has 56 heavy (non-hydrogen) atoms. The van der Waals surface area contributed by atoms with Gasteiger partial charge in [-0.05, 0) is 77.0 Å². The van der Waals surface area contributed by atoms with Crippen LogP contribution in [0.1, 0.15) is 142 Å². The molecular weight excluding hydrogens is 733 g/mol. The minimum Gasteiger partial charge on any atom is -0.480 e. The lowest BCUT2D eigenvalue weighted by Crippen LogP contribution is -2.34. The minimum absolute atomic E-state index is 0.0299. The summed E-state index contributed by atoms with van der Waals surface area (Å²) in [5.74, 6) is -2.51. The number of phosphoric acid groups is 1. The number of ether oxygens (including phenoxy) is 2. The van der Waals surface area contributed by atoms with Crippen molar-refractivity contribution in [3.8, 4) is 0 Å². The van der Waals surface area contributed by atoms with E-state index in [-0.39, 0.29) is 19.4 Å². The molecule has 0 aromatic rings. The van der Waals surface area contributed by atoms with Crippen molar-refractivity contribution in [3.05, 3.63) is 85.1 Å². The molecule has 0 aromatic heterocycles. The van der Waals surface area contributed by atoms with E-state index < -0.39 is 51.1 Å². The Bertz CT molecular complexity index is 1270. The lowest BCUT2D eigenvalue weighted by atomic mass is 10.1. The van der Waals surface area contributed by atoms with E-state index in [0.717, 1.165) is 70.6 Å². The Kier molecular flexibility index (Phi) is 36.2. The van der Waals surface area contributed by atoms with Gasteiger partial charge in [-0.2, -0.15) is 0 Å². The highest BCUT2D eigenvalue weighted by Gasteiger charge is 2.28. The lowest BCUT2D eigenvalue weighted by molar-refractivity contribution is -0.161. The second-order valence-electron chi connectivity index (χ2n) is 13.4. The Morgan fingerprint density at radius 1 is 0.571 bits per heavy atom. The zero-order valence-corrected chi connectivity index (χ0v) is 35.1. The molecule has 12 heteroatoms. The average Bonchev–Trinajstić information content (AvgIpc) is 3.17. The number of carbonyl (C=O) groups excluding carboxylic acids is 2. The molecular formula is C44H72NO10P. The third-order valence-corrected chi connectivity index (χ3v) is 9.09. The molecule has 0 saturated carbocycles. The van der Waals surface area contributed by atoms with Crippen LogP contribution in [0.25, 0.3) is 0 Å². The Morgan fingerprint density at radius 3 is 1.57 bits per heavy atom. The van der Waals surface area contributed by atoms with E-state index in [1.54, 1.807) is 0 Å². The summed E-state index contributed by atoms with van der Waals surface area (Å²) in [7, 11) is -4.74. The van der Waals surface area contributed by atoms with Crippen LogP contribution < -0.4 is 5.73 Å². The molecule has 0 saturated heterocycles. The molecule has 1 unspecified atom stereocenters. The van der Waals surface area contributed by atoms with E-state index in [9.17, 15) is 23.8 Å². The van der Waals surface area contributed by atoms with Crippen molar-refractivity contribution in [3.63, 3.8) is 0 Å². The standard InChI is InChI=1S/C44H72NO10P/c1-3-5-7-9-11-13-15-17-18-19-20-21-22-24-26-28-30-32-34-36-43(47)55-40(38-53-56(50,51)54-39-41(45)44(48)49)37-52-42(46)35-33-31-29-27-25-23-16-14-12-10-8-6-4-2/h5,7,11,13-14,16-18,20-21,24,26,30,32,40-41H,3-4,6,8-10,12,15,19,22-23,25,27-29,31,33-39,45H2,1-2H3,(H,48,49)(H,50,51)/b7-5+,13-11+,16-14+,18-17+,21-20+,26-24+,32-30+/t40-,41-/m0/s1. The van der Waals surface area contributed by atoms with Crippen LogP contribution in [0.15, 0.2) is 85.1 Å². The number of carboxylic acid groups (broad SMARTS) is 1. The number of allylic oxidation sites excluding steroid dienone is 14. The molecule has 4 N–H and O–H groups in total. The molecule has 0 aromatic carbocycles. The first kappa shape index (κ1) is 52.7. The van der Waals surface area contributed by atoms with Crippen LogP contribution in [-0.2, 0) is 37.5 Å². The predicted octanol–water partition coefficient (Wildman–Crippen LogP) is 10.7. The van der Waals surface area contributed by atoms with Gasteiger partial charge in [0.25, 0.3) is 0 Å². The average molecular weight is 806 g/mol. The highest BCUT2D eigenvalue weighted by atomic mass is 31.2. The van der Waals surface area contributed by atoms with Crippen LogP contribution >= 0.6 is 7.82 Å². The summed E-state index contributed by atoms with van der Waals surface area (Å²) in [6.07, 6.45) is 46.7. The number of hydrogen-bond acceptors (Lipinski definition) is 9. The van der Waals surface area contributed by atoms with E-state index >= 15 is 0 Å². The molecule has 0 fully saturated rings. The maximum atomic E-state index is 12.6. The fraction of sp³-hybridized carbons (Fsp3) is 0.614. The van der Waals surface area contributed by atoms with Gasteiger partial charge in [-0.3, -0.25) is 23.4 Å². The normalized spacial score (nSPS) is 14.6. The number of carbonyl (C=O) groups is 3. The summed E-state index contributed by atoms with van der Waals surface area (Å²) in [4.78, 5) is 45.8. The molecule has 0 aliphatic heterocycles. The third-order valence-electron chi connectivity index (χ3n) is 8.14. The van der Waals surface area contributed by atoms with Crippen molar-refractivity contribution < 1.29 is 47.5 Å². The van der Waals surface area contributed by atoms with Crippen molar-refractivity contribution in [2.75, 3.05) is 19.8 Å². The third kappa shape index (κ3) is 37.6. The van der Waals surface area contributed by atoms with Crippen LogP contribution in [-0.4, -0.2) is 59.9 Å². The van der Waals surface area contributed by atoms with Crippen LogP contribution in [0, 0.1) is 0 Å². The quantitative estimate of drug-likeness (QED) is 0.0236. The second-order valence-corrected chi connectivity index (χ2v) is 14.8. The van der Waals surface area contributed by atoms with E-state index in [1.165, 1.54) is 25.7 Å². The number of rotatable bonds is 37. The Hall–Kier alpha value is -3.34. The second kappa shape index (κ2) is 38.5. The number of esters is 2. The topological polar surface area (TPSA) is 172 Å². The van der Waals surface area contributed by atoms with Crippen molar-refractivity contribution in [2.45, 2.75) is 154 Å². The van der Waals surface area contributed by atoms with Crippen molar-refractivity contribution in [2.24, 2.45) is 5.73 Å². The zero-order chi connectivity index (χ0) is 41.4. The molecule has 0 heterocycles. The van der Waals surface area contributed by atoms with E-state index in [4.69, 9.17) is 24.8 Å². The number of nitrogens with two attached hydrogens (primary N) is 1. The maximum absolute atomic E-state index is 12.6. The zero-order valence-electron chi connectivity index (χ0n) is 34.2. The van der Waals surface area contributed by atoms with Gasteiger partial charge in [0.1, 0.15) is 12.6 Å². The van der Waals surface area contributed by atoms with Gasteiger partial charge in [-0.25, -0.2) is 4.57 Å². The van der Waals surface area contributed by atoms with Gasteiger partial charge in [0.05, 0.1) is 13.2 Å². The van der Waals surface area contributed by atoms with Gasteiger partial charge in [-0.15, -0.1) is 0 Å². The highest BCUT2D eigenvalue weighted by molar-refractivity contribution is 7.47. The maximum Gasteiger partial charge on any atom is 0.472 e. The Balaban J connectivity index is 4.56. The monoisotopic (exact) mass is 805 g/mol. The number of phosphoric ester groups is 1. The van der Waals surface area contributed by atoms with Crippen molar-refractivity contribution in [1.82, 2.24) is 0 Å². The number of unbranched alkanes of at least 4 members (excludes halogenated alkanes) is 9. The predicted molar refractivity (Wildman–Crippen MR) is 226 cm³/mol. The lowest BCUT2D eigenvalue weighted by Gasteiger charge is -2.20. The number of hydrogen-bond donors (Lipinski definition) is 3. The number of carboxylic acids is 1. The van der Waals surface area contributed by atoms with Crippen LogP contribution in [0.3, 0.4) is 0 Å². The molecule has 0 rings (SSSR count). The van der Waals surface area contributed by atoms with Crippen LogP contribution in [0.4, 0.5) is 0 Å². The van der Waals surface area contributed by atoms with E-state index in [1.807, 2.05) is 18.2 Å². The molecule has 0 aliphatic rings. The summed E-state index contributed by atoms with van der Waals surface area (Å²) in [6, 6.07) is -1.54. The van der Waals surface area contributed by atoms with Crippen LogP contribution in [0.5, 0.6) is 0 Å². The highest BCUT2D eigenvalue weighted by Crippen LogP contribution is 2.43. The van der Waals surface area contributed by atoms with Gasteiger partial charge in [-0.1, -0.05) is 137 Å². The molecule has 318 valence electrons. The molecule has 3 atom stereocenters. The fourth-order valence-corrected chi connectivity index (χ4v) is 5.68. The smallest absolute Gasteiger partial charge is 0.472 e. The molecule has 0 aliphatic carbocycles. The molecule has 0 spiro atoms. The Morgan fingerprint density at radius 2 is 1.04 bits per heavy atom. The summed E-state index contributed by atoms with van der Waals surface area (Å²) in [6.45, 7) is 2.56. The van der Waals surface area contributed by atoms with Gasteiger partial charge in [0, 0.05) is 12.8 Å². The minimum atomic E-state index is -4.74. The summed E-state index contributed by atoms with van der Waals surface area (Å²) >= 11 is 0. The fourth-order valence-electron chi connectivity index (χ4n) is 4.91.